The van der Waals surface area contributed by atoms with Crippen LogP contribution in [0.4, 0.5) is 5.95 Å². The van der Waals surface area contributed by atoms with Gasteiger partial charge in [0.25, 0.3) is 5.56 Å². The number of nitrogen functional groups attached to an aromatic ring is 1. The molecule has 0 amide bonds. The Labute approximate surface area is 111 Å². The second-order valence-electron chi connectivity index (χ2n) is 4.37. The number of H-pyrrole nitrogens is 1. The predicted octanol–water partition coefficient (Wildman–Crippen LogP) is 0.976. The summed E-state index contributed by atoms with van der Waals surface area (Å²) >= 11 is 0. The minimum absolute atomic E-state index is 0.143. The summed E-state index contributed by atoms with van der Waals surface area (Å²) < 4.78 is 5.21. The third-order valence-electron chi connectivity index (χ3n) is 2.90. The molecule has 0 unspecified atom stereocenters. The van der Waals surface area contributed by atoms with E-state index in [9.17, 15) is 4.79 Å². The number of hydrogen-bond donors (Lipinski definition) is 3. The molecule has 6 heteroatoms. The lowest BCUT2D eigenvalue weighted by molar-refractivity contribution is 0.481. The van der Waals surface area contributed by atoms with Crippen LogP contribution in [0.15, 0.2) is 27.6 Å². The highest BCUT2D eigenvalue weighted by molar-refractivity contribution is 5.24. The number of aryl methyl sites for hydroxylation is 1. The summed E-state index contributed by atoms with van der Waals surface area (Å²) in [5.41, 5.74) is 6.73. The molecule has 0 aromatic carbocycles. The van der Waals surface area contributed by atoms with Gasteiger partial charge in [0, 0.05) is 11.3 Å². The van der Waals surface area contributed by atoms with Gasteiger partial charge in [0.1, 0.15) is 5.76 Å². The van der Waals surface area contributed by atoms with Gasteiger partial charge in [-0.2, -0.15) is 0 Å². The van der Waals surface area contributed by atoms with Gasteiger partial charge in [-0.05, 0) is 38.4 Å². The highest BCUT2D eigenvalue weighted by Crippen LogP contribution is 2.03. The van der Waals surface area contributed by atoms with E-state index in [1.54, 1.807) is 13.2 Å². The van der Waals surface area contributed by atoms with Crippen LogP contribution in [0.3, 0.4) is 0 Å². The van der Waals surface area contributed by atoms with E-state index >= 15 is 0 Å². The topological polar surface area (TPSA) is 96.9 Å². The highest BCUT2D eigenvalue weighted by atomic mass is 16.3. The van der Waals surface area contributed by atoms with Gasteiger partial charge in [-0.3, -0.25) is 9.78 Å². The van der Waals surface area contributed by atoms with E-state index in [0.29, 0.717) is 24.2 Å². The summed E-state index contributed by atoms with van der Waals surface area (Å²) in [7, 11) is 0. The number of aromatic nitrogens is 2. The molecule has 0 saturated carbocycles. The van der Waals surface area contributed by atoms with Crippen molar-refractivity contribution in [1.82, 2.24) is 15.3 Å². The quantitative estimate of drug-likeness (QED) is 0.674. The average Bonchev–Trinajstić information content (AvgIpc) is 2.84. The number of nitrogens with zero attached hydrogens (tertiary/aromatic N) is 1. The fraction of sp³-hybridized carbons (Fsp3) is 0.385. The first-order valence-electron chi connectivity index (χ1n) is 6.25. The lowest BCUT2D eigenvalue weighted by Gasteiger charge is -2.05. The zero-order valence-electron chi connectivity index (χ0n) is 10.9. The first kappa shape index (κ1) is 13.4. The van der Waals surface area contributed by atoms with E-state index in [1.807, 2.05) is 12.1 Å². The molecule has 2 rings (SSSR count). The molecule has 0 saturated heterocycles. The van der Waals surface area contributed by atoms with Crippen molar-refractivity contribution in [3.63, 3.8) is 0 Å². The number of nitrogens with two attached hydrogens (primary N) is 1. The summed E-state index contributed by atoms with van der Waals surface area (Å²) in [6.07, 6.45) is 3.19. The molecule has 2 heterocycles. The van der Waals surface area contributed by atoms with Gasteiger partial charge >= 0.3 is 0 Å². The molecule has 2 aromatic rings. The van der Waals surface area contributed by atoms with E-state index < -0.39 is 0 Å². The molecular weight excluding hydrogens is 244 g/mol. The minimum Gasteiger partial charge on any atom is -0.468 e. The van der Waals surface area contributed by atoms with Crippen LogP contribution in [0, 0.1) is 6.92 Å². The van der Waals surface area contributed by atoms with Gasteiger partial charge < -0.3 is 15.5 Å². The van der Waals surface area contributed by atoms with Crippen LogP contribution in [0.1, 0.15) is 23.4 Å². The van der Waals surface area contributed by atoms with E-state index in [-0.39, 0.29) is 11.5 Å². The smallest absolute Gasteiger partial charge is 0.255 e. The van der Waals surface area contributed by atoms with Crippen molar-refractivity contribution in [1.29, 1.82) is 0 Å². The van der Waals surface area contributed by atoms with Crippen LogP contribution >= 0.6 is 0 Å². The zero-order chi connectivity index (χ0) is 13.7. The van der Waals surface area contributed by atoms with Crippen molar-refractivity contribution in [2.24, 2.45) is 0 Å². The van der Waals surface area contributed by atoms with Crippen LogP contribution in [-0.4, -0.2) is 16.5 Å². The lowest BCUT2D eigenvalue weighted by Crippen LogP contribution is -2.20. The third kappa shape index (κ3) is 3.69. The molecule has 0 spiro atoms. The molecule has 6 nitrogen and oxygen atoms in total. The van der Waals surface area contributed by atoms with Crippen LogP contribution < -0.4 is 16.6 Å². The van der Waals surface area contributed by atoms with Crippen molar-refractivity contribution in [3.8, 4) is 0 Å². The fourth-order valence-corrected chi connectivity index (χ4v) is 1.94. The van der Waals surface area contributed by atoms with Gasteiger partial charge in [0.2, 0.25) is 5.95 Å². The van der Waals surface area contributed by atoms with Crippen LogP contribution in [-0.2, 0) is 13.0 Å². The summed E-state index contributed by atoms with van der Waals surface area (Å²) in [6, 6.07) is 3.78. The molecule has 0 aliphatic carbocycles. The number of rotatable bonds is 6. The molecular formula is C13H18N4O2. The summed E-state index contributed by atoms with van der Waals surface area (Å²) in [5, 5.41) is 3.26. The van der Waals surface area contributed by atoms with Crippen LogP contribution in [0.2, 0.25) is 0 Å². The number of hydrogen-bond acceptors (Lipinski definition) is 5. The fourth-order valence-electron chi connectivity index (χ4n) is 1.94. The summed E-state index contributed by atoms with van der Waals surface area (Å²) in [4.78, 5) is 18.3. The van der Waals surface area contributed by atoms with Crippen molar-refractivity contribution in [3.05, 3.63) is 45.8 Å². The van der Waals surface area contributed by atoms with Gasteiger partial charge in [0.05, 0.1) is 12.8 Å². The van der Waals surface area contributed by atoms with Crippen molar-refractivity contribution >= 4 is 5.95 Å². The van der Waals surface area contributed by atoms with E-state index in [4.69, 9.17) is 10.2 Å². The predicted molar refractivity (Wildman–Crippen MR) is 72.7 cm³/mol. The number of aromatic amines is 1. The van der Waals surface area contributed by atoms with Crippen molar-refractivity contribution in [2.45, 2.75) is 26.3 Å². The Morgan fingerprint density at radius 1 is 1.53 bits per heavy atom. The number of anilines is 1. The second kappa shape index (κ2) is 6.19. The summed E-state index contributed by atoms with van der Waals surface area (Å²) in [5.74, 6) is 1.07. The maximum absolute atomic E-state index is 11.7. The first-order valence-corrected chi connectivity index (χ1v) is 6.25. The molecule has 2 aromatic heterocycles. The molecule has 0 radical (unpaired) electrons. The van der Waals surface area contributed by atoms with Crippen molar-refractivity contribution in [2.75, 3.05) is 12.3 Å². The molecule has 0 aliphatic rings. The number of furan rings is 1. The average molecular weight is 262 g/mol. The Bertz CT molecular complexity index is 575. The Balaban J connectivity index is 1.78. The second-order valence-corrected chi connectivity index (χ2v) is 4.37. The Morgan fingerprint density at radius 3 is 3.05 bits per heavy atom. The Kier molecular flexibility index (Phi) is 4.35. The largest absolute Gasteiger partial charge is 0.468 e. The maximum atomic E-state index is 11.7. The monoisotopic (exact) mass is 262 g/mol. The standard InChI is InChI=1S/C13H18N4O2/c1-9-11(12(18)17-13(14)16-9)5-2-6-15-8-10-4-3-7-19-10/h3-4,7,15H,2,5-6,8H2,1H3,(H3,14,16,17,18). The Morgan fingerprint density at radius 2 is 2.37 bits per heavy atom. The highest BCUT2D eigenvalue weighted by Gasteiger charge is 2.06. The molecule has 0 bridgehead atoms. The lowest BCUT2D eigenvalue weighted by atomic mass is 10.1. The minimum atomic E-state index is -0.143. The molecule has 4 N–H and O–H groups in total. The maximum Gasteiger partial charge on any atom is 0.255 e. The van der Waals surface area contributed by atoms with E-state index in [0.717, 1.165) is 18.7 Å². The first-order chi connectivity index (χ1) is 9.16. The van der Waals surface area contributed by atoms with E-state index in [2.05, 4.69) is 15.3 Å². The van der Waals surface area contributed by atoms with Gasteiger partial charge in [-0.1, -0.05) is 0 Å². The zero-order valence-corrected chi connectivity index (χ0v) is 10.9. The van der Waals surface area contributed by atoms with E-state index in [1.165, 1.54) is 0 Å². The van der Waals surface area contributed by atoms with Crippen LogP contribution in [0.5, 0.6) is 0 Å². The van der Waals surface area contributed by atoms with Gasteiger partial charge in [-0.25, -0.2) is 4.98 Å². The Hall–Kier alpha value is -2.08. The molecule has 19 heavy (non-hydrogen) atoms. The molecule has 0 atom stereocenters. The van der Waals surface area contributed by atoms with Crippen molar-refractivity contribution < 1.29 is 4.42 Å². The van der Waals surface area contributed by atoms with Gasteiger partial charge in [-0.15, -0.1) is 0 Å². The normalized spacial score (nSPS) is 10.8. The third-order valence-corrected chi connectivity index (χ3v) is 2.90. The molecule has 0 fully saturated rings. The SMILES string of the molecule is Cc1nc(N)[nH]c(=O)c1CCCNCc1ccco1. The van der Waals surface area contributed by atoms with Crippen LogP contribution in [0.25, 0.3) is 0 Å². The summed E-state index contributed by atoms with van der Waals surface area (Å²) in [6.45, 7) is 3.31. The molecule has 0 aliphatic heterocycles. The molecule has 102 valence electrons. The van der Waals surface area contributed by atoms with Gasteiger partial charge in [0.15, 0.2) is 0 Å². The number of nitrogens with one attached hydrogen (secondary N) is 2.